The number of benzene rings is 1. The van der Waals surface area contributed by atoms with Gasteiger partial charge in [0.1, 0.15) is 0 Å². The summed E-state index contributed by atoms with van der Waals surface area (Å²) in [5.74, 6) is 0.662. The van der Waals surface area contributed by atoms with E-state index in [4.69, 9.17) is 0 Å². The van der Waals surface area contributed by atoms with Gasteiger partial charge in [-0.15, -0.1) is 0 Å². The molecule has 0 saturated carbocycles. The Morgan fingerprint density at radius 1 is 1.45 bits per heavy atom. The molecule has 1 aliphatic heterocycles. The van der Waals surface area contributed by atoms with E-state index in [2.05, 4.69) is 35.2 Å². The number of amides is 1. The van der Waals surface area contributed by atoms with Gasteiger partial charge in [0.25, 0.3) is 5.91 Å². The summed E-state index contributed by atoms with van der Waals surface area (Å²) in [7, 11) is 6.12. The molecule has 1 aliphatic rings. The standard InChI is InChI=1S/C16H25N3O/c1-12-9-14-10-13(5-6-15(14)19(4)11-12)16(20)17-7-8-18(2)3/h5-6,10,12H,7-9,11H2,1-4H3,(H,17,20). The van der Waals surface area contributed by atoms with Gasteiger partial charge in [-0.05, 0) is 50.2 Å². The summed E-state index contributed by atoms with van der Waals surface area (Å²) in [6.07, 6.45) is 1.05. The Hall–Kier alpha value is -1.55. The number of hydrogen-bond donors (Lipinski definition) is 1. The van der Waals surface area contributed by atoms with E-state index < -0.39 is 0 Å². The van der Waals surface area contributed by atoms with Gasteiger partial charge in [-0.2, -0.15) is 0 Å². The lowest BCUT2D eigenvalue weighted by molar-refractivity contribution is 0.0951. The van der Waals surface area contributed by atoms with Crippen molar-refractivity contribution >= 4 is 11.6 Å². The van der Waals surface area contributed by atoms with Crippen molar-refractivity contribution in [1.29, 1.82) is 0 Å². The van der Waals surface area contributed by atoms with Crippen LogP contribution < -0.4 is 10.2 Å². The Labute approximate surface area is 121 Å². The molecule has 4 nitrogen and oxygen atoms in total. The van der Waals surface area contributed by atoms with Crippen molar-refractivity contribution in [2.45, 2.75) is 13.3 Å². The van der Waals surface area contributed by atoms with E-state index in [1.165, 1.54) is 11.3 Å². The van der Waals surface area contributed by atoms with E-state index in [0.717, 1.165) is 25.1 Å². The molecule has 1 atom stereocenters. The molecular formula is C16H25N3O. The Bertz CT molecular complexity index is 485. The lowest BCUT2D eigenvalue weighted by Gasteiger charge is -2.32. The maximum Gasteiger partial charge on any atom is 0.251 e. The van der Waals surface area contributed by atoms with Crippen molar-refractivity contribution in [2.24, 2.45) is 5.92 Å². The highest BCUT2D eigenvalue weighted by molar-refractivity contribution is 5.95. The van der Waals surface area contributed by atoms with Crippen molar-refractivity contribution in [3.63, 3.8) is 0 Å². The molecular weight excluding hydrogens is 250 g/mol. The fraction of sp³-hybridized carbons (Fsp3) is 0.562. The van der Waals surface area contributed by atoms with Gasteiger partial charge in [0.05, 0.1) is 0 Å². The molecule has 0 aliphatic carbocycles. The Kier molecular flexibility index (Phi) is 4.65. The number of carbonyl (C=O) groups is 1. The van der Waals surface area contributed by atoms with Gasteiger partial charge in [-0.3, -0.25) is 4.79 Å². The van der Waals surface area contributed by atoms with Gasteiger partial charge in [-0.25, -0.2) is 0 Å². The van der Waals surface area contributed by atoms with Gasteiger partial charge in [0.2, 0.25) is 0 Å². The molecule has 1 aromatic rings. The number of likely N-dealkylation sites (N-methyl/N-ethyl adjacent to an activating group) is 1. The third-order valence-electron chi connectivity index (χ3n) is 3.75. The second kappa shape index (κ2) is 6.27. The van der Waals surface area contributed by atoms with Gasteiger partial charge in [-0.1, -0.05) is 6.92 Å². The van der Waals surface area contributed by atoms with Crippen molar-refractivity contribution in [3.8, 4) is 0 Å². The number of anilines is 1. The SMILES string of the molecule is CC1Cc2cc(C(=O)NCCN(C)C)ccc2N(C)C1. The van der Waals surface area contributed by atoms with Crippen LogP contribution in [0.2, 0.25) is 0 Å². The Balaban J connectivity index is 2.07. The van der Waals surface area contributed by atoms with E-state index >= 15 is 0 Å². The number of nitrogens with one attached hydrogen (secondary N) is 1. The monoisotopic (exact) mass is 275 g/mol. The number of carbonyl (C=O) groups excluding carboxylic acids is 1. The third kappa shape index (κ3) is 3.51. The van der Waals surface area contributed by atoms with Crippen molar-refractivity contribution in [3.05, 3.63) is 29.3 Å². The van der Waals surface area contributed by atoms with E-state index in [1.807, 2.05) is 26.2 Å². The zero-order valence-corrected chi connectivity index (χ0v) is 12.9. The molecule has 0 saturated heterocycles. The summed E-state index contributed by atoms with van der Waals surface area (Å²) in [6.45, 7) is 4.88. The molecule has 0 bridgehead atoms. The Morgan fingerprint density at radius 2 is 2.20 bits per heavy atom. The molecule has 1 aromatic carbocycles. The van der Waals surface area contributed by atoms with Crippen LogP contribution in [0.4, 0.5) is 5.69 Å². The third-order valence-corrected chi connectivity index (χ3v) is 3.75. The molecule has 1 N–H and O–H groups in total. The number of hydrogen-bond acceptors (Lipinski definition) is 3. The summed E-state index contributed by atoms with van der Waals surface area (Å²) >= 11 is 0. The van der Waals surface area contributed by atoms with Crippen LogP contribution in [0.3, 0.4) is 0 Å². The normalized spacial score (nSPS) is 18.1. The van der Waals surface area contributed by atoms with Crippen LogP contribution in [0.15, 0.2) is 18.2 Å². The molecule has 20 heavy (non-hydrogen) atoms. The van der Waals surface area contributed by atoms with E-state index in [9.17, 15) is 4.79 Å². The predicted molar refractivity (Wildman–Crippen MR) is 83.5 cm³/mol. The lowest BCUT2D eigenvalue weighted by atomic mass is 9.93. The van der Waals surface area contributed by atoms with Crippen molar-refractivity contribution in [2.75, 3.05) is 45.7 Å². The maximum atomic E-state index is 12.1. The first kappa shape index (κ1) is 14.9. The second-order valence-electron chi connectivity index (χ2n) is 6.09. The zero-order valence-electron chi connectivity index (χ0n) is 12.9. The minimum absolute atomic E-state index is 0.0236. The first-order valence-electron chi connectivity index (χ1n) is 7.24. The molecule has 110 valence electrons. The smallest absolute Gasteiger partial charge is 0.251 e. The minimum atomic E-state index is 0.0236. The van der Waals surface area contributed by atoms with Gasteiger partial charge in [0.15, 0.2) is 0 Å². The summed E-state index contributed by atoms with van der Waals surface area (Å²) in [5.41, 5.74) is 3.31. The average Bonchev–Trinajstić information content (AvgIpc) is 2.37. The van der Waals surface area contributed by atoms with Crippen LogP contribution in [0.1, 0.15) is 22.8 Å². The molecule has 4 heteroatoms. The van der Waals surface area contributed by atoms with E-state index in [1.54, 1.807) is 0 Å². The van der Waals surface area contributed by atoms with Crippen LogP contribution in [0, 0.1) is 5.92 Å². The average molecular weight is 275 g/mol. The van der Waals surface area contributed by atoms with Crippen LogP contribution in [0.25, 0.3) is 0 Å². The number of fused-ring (bicyclic) bond motifs is 1. The first-order valence-corrected chi connectivity index (χ1v) is 7.24. The molecule has 0 spiro atoms. The highest BCUT2D eigenvalue weighted by Crippen LogP contribution is 2.29. The topological polar surface area (TPSA) is 35.6 Å². The van der Waals surface area contributed by atoms with Crippen molar-refractivity contribution < 1.29 is 4.79 Å². The summed E-state index contributed by atoms with van der Waals surface area (Å²) in [6, 6.07) is 6.05. The van der Waals surface area contributed by atoms with E-state index in [-0.39, 0.29) is 5.91 Å². The fourth-order valence-corrected chi connectivity index (χ4v) is 2.76. The molecule has 1 heterocycles. The second-order valence-corrected chi connectivity index (χ2v) is 6.09. The quantitative estimate of drug-likeness (QED) is 0.907. The van der Waals surface area contributed by atoms with Crippen LogP contribution in [-0.2, 0) is 6.42 Å². The number of nitrogens with zero attached hydrogens (tertiary/aromatic N) is 2. The summed E-state index contributed by atoms with van der Waals surface area (Å²) in [5, 5.41) is 2.97. The highest BCUT2D eigenvalue weighted by Gasteiger charge is 2.20. The molecule has 0 radical (unpaired) electrons. The number of rotatable bonds is 4. The predicted octanol–water partition coefficient (Wildman–Crippen LogP) is 1.61. The molecule has 1 amide bonds. The molecule has 0 fully saturated rings. The van der Waals surface area contributed by atoms with Crippen LogP contribution >= 0.6 is 0 Å². The van der Waals surface area contributed by atoms with E-state index in [0.29, 0.717) is 12.5 Å². The maximum absolute atomic E-state index is 12.1. The first-order chi connectivity index (χ1) is 9.47. The van der Waals surface area contributed by atoms with Gasteiger partial charge >= 0.3 is 0 Å². The Morgan fingerprint density at radius 3 is 2.90 bits per heavy atom. The summed E-state index contributed by atoms with van der Waals surface area (Å²) in [4.78, 5) is 16.5. The van der Waals surface area contributed by atoms with Crippen LogP contribution in [-0.4, -0.2) is 51.6 Å². The van der Waals surface area contributed by atoms with Gasteiger partial charge in [0, 0.05) is 37.9 Å². The largest absolute Gasteiger partial charge is 0.374 e. The zero-order chi connectivity index (χ0) is 14.7. The highest BCUT2D eigenvalue weighted by atomic mass is 16.1. The molecule has 1 unspecified atom stereocenters. The fourth-order valence-electron chi connectivity index (χ4n) is 2.76. The lowest BCUT2D eigenvalue weighted by Crippen LogP contribution is -2.33. The molecule has 0 aromatic heterocycles. The van der Waals surface area contributed by atoms with Crippen LogP contribution in [0.5, 0.6) is 0 Å². The molecule has 2 rings (SSSR count). The van der Waals surface area contributed by atoms with Crippen molar-refractivity contribution in [1.82, 2.24) is 10.2 Å². The van der Waals surface area contributed by atoms with Gasteiger partial charge < -0.3 is 15.1 Å². The minimum Gasteiger partial charge on any atom is -0.374 e. The summed E-state index contributed by atoms with van der Waals surface area (Å²) < 4.78 is 0.